The summed E-state index contributed by atoms with van der Waals surface area (Å²) in [6, 6.07) is 9.86. The van der Waals surface area contributed by atoms with Gasteiger partial charge >= 0.3 is 0 Å². The molecule has 3 aromatic rings. The van der Waals surface area contributed by atoms with Crippen LogP contribution in [0.1, 0.15) is 30.3 Å². The first kappa shape index (κ1) is 13.5. The molecule has 0 aliphatic heterocycles. The number of aromatic nitrogens is 4. The number of nitrogens with one attached hydrogen (secondary N) is 1. The van der Waals surface area contributed by atoms with Crippen molar-refractivity contribution in [1.29, 1.82) is 0 Å². The van der Waals surface area contributed by atoms with Crippen LogP contribution >= 0.6 is 0 Å². The Hall–Kier alpha value is -2.47. The van der Waals surface area contributed by atoms with Crippen LogP contribution in [0.15, 0.2) is 47.1 Å². The van der Waals surface area contributed by atoms with Crippen LogP contribution < -0.4 is 5.32 Å². The molecule has 0 saturated carbocycles. The molecular weight excluding hydrogens is 266 g/mol. The Bertz CT molecular complexity index is 704. The van der Waals surface area contributed by atoms with Crippen molar-refractivity contribution in [3.63, 3.8) is 0 Å². The fourth-order valence-electron chi connectivity index (χ4n) is 1.98. The molecule has 2 heterocycles. The molecule has 21 heavy (non-hydrogen) atoms. The third kappa shape index (κ3) is 3.17. The molecule has 108 valence electrons. The van der Waals surface area contributed by atoms with E-state index in [1.165, 1.54) is 0 Å². The summed E-state index contributed by atoms with van der Waals surface area (Å²) >= 11 is 0. The fraction of sp³-hybridized carbons (Fsp3) is 0.267. The quantitative estimate of drug-likeness (QED) is 0.778. The zero-order valence-corrected chi connectivity index (χ0v) is 12.0. The van der Waals surface area contributed by atoms with Crippen molar-refractivity contribution in [3.05, 3.63) is 60.1 Å². The summed E-state index contributed by atoms with van der Waals surface area (Å²) in [6.07, 6.45) is 3.48. The van der Waals surface area contributed by atoms with E-state index in [4.69, 9.17) is 4.42 Å². The maximum absolute atomic E-state index is 5.49. The van der Waals surface area contributed by atoms with Crippen LogP contribution in [-0.2, 0) is 6.54 Å². The summed E-state index contributed by atoms with van der Waals surface area (Å²) in [4.78, 5) is 5.83. The third-order valence-corrected chi connectivity index (χ3v) is 3.13. The molecule has 1 aromatic carbocycles. The minimum Gasteiger partial charge on any atom is -0.444 e. The lowest BCUT2D eigenvalue weighted by Gasteiger charge is -2.08. The van der Waals surface area contributed by atoms with Crippen LogP contribution in [0, 0.1) is 6.92 Å². The monoisotopic (exact) mass is 283 g/mol. The normalized spacial score (nSPS) is 12.5. The molecule has 6 nitrogen and oxygen atoms in total. The van der Waals surface area contributed by atoms with Crippen molar-refractivity contribution in [2.24, 2.45) is 0 Å². The van der Waals surface area contributed by atoms with Gasteiger partial charge in [-0.25, -0.2) is 4.98 Å². The highest BCUT2D eigenvalue weighted by atomic mass is 16.4. The Labute approximate surface area is 122 Å². The number of para-hydroxylation sites is 1. The first-order valence-electron chi connectivity index (χ1n) is 6.85. The summed E-state index contributed by atoms with van der Waals surface area (Å²) in [5, 5.41) is 12.0. The Kier molecular flexibility index (Phi) is 3.79. The second-order valence-corrected chi connectivity index (χ2v) is 4.87. The van der Waals surface area contributed by atoms with Gasteiger partial charge in [0.25, 0.3) is 0 Å². The molecule has 2 aromatic heterocycles. The summed E-state index contributed by atoms with van der Waals surface area (Å²) in [7, 11) is 0. The molecule has 0 amide bonds. The molecule has 0 bridgehead atoms. The minimum absolute atomic E-state index is 0.0283. The SMILES string of the molecule is Cc1cnc(C(C)NCc2cnn(-c3ccccc3)n2)o1. The number of aryl methyl sites for hydroxylation is 1. The number of hydrogen-bond donors (Lipinski definition) is 1. The van der Waals surface area contributed by atoms with Crippen LogP contribution in [-0.4, -0.2) is 20.0 Å². The van der Waals surface area contributed by atoms with E-state index in [-0.39, 0.29) is 6.04 Å². The van der Waals surface area contributed by atoms with Gasteiger partial charge in [-0.05, 0) is 26.0 Å². The van der Waals surface area contributed by atoms with E-state index in [1.807, 2.05) is 44.2 Å². The second kappa shape index (κ2) is 5.88. The molecule has 1 atom stereocenters. The lowest BCUT2D eigenvalue weighted by Crippen LogP contribution is -2.18. The predicted octanol–water partition coefficient (Wildman–Crippen LogP) is 2.41. The van der Waals surface area contributed by atoms with Crippen LogP contribution in [0.4, 0.5) is 0 Å². The highest BCUT2D eigenvalue weighted by Crippen LogP contribution is 2.12. The van der Waals surface area contributed by atoms with Gasteiger partial charge in [-0.15, -0.1) is 0 Å². The van der Waals surface area contributed by atoms with Gasteiger partial charge in [0.1, 0.15) is 5.76 Å². The number of benzene rings is 1. The molecule has 6 heteroatoms. The fourth-order valence-corrected chi connectivity index (χ4v) is 1.98. The average molecular weight is 283 g/mol. The molecule has 1 N–H and O–H groups in total. The standard InChI is InChI=1S/C15H17N5O/c1-11-8-17-15(21-11)12(2)16-9-13-10-18-20(19-13)14-6-4-3-5-7-14/h3-8,10,12,16H,9H2,1-2H3. The average Bonchev–Trinajstić information content (AvgIpc) is 3.15. The highest BCUT2D eigenvalue weighted by Gasteiger charge is 2.11. The third-order valence-electron chi connectivity index (χ3n) is 3.13. The zero-order valence-electron chi connectivity index (χ0n) is 12.0. The summed E-state index contributed by atoms with van der Waals surface area (Å²) in [5.41, 5.74) is 1.81. The Balaban J connectivity index is 1.63. The summed E-state index contributed by atoms with van der Waals surface area (Å²) in [5.74, 6) is 1.50. The van der Waals surface area contributed by atoms with Gasteiger partial charge in [0.15, 0.2) is 0 Å². The Morgan fingerprint density at radius 1 is 1.24 bits per heavy atom. The molecule has 0 saturated heterocycles. The first-order valence-corrected chi connectivity index (χ1v) is 6.85. The number of rotatable bonds is 5. The van der Waals surface area contributed by atoms with Gasteiger partial charge < -0.3 is 9.73 Å². The molecule has 0 fully saturated rings. The minimum atomic E-state index is 0.0283. The van der Waals surface area contributed by atoms with Gasteiger partial charge in [-0.1, -0.05) is 18.2 Å². The van der Waals surface area contributed by atoms with Crippen LogP contribution in [0.5, 0.6) is 0 Å². The maximum atomic E-state index is 5.49. The lowest BCUT2D eigenvalue weighted by molar-refractivity contribution is 0.401. The van der Waals surface area contributed by atoms with Crippen molar-refractivity contribution in [2.45, 2.75) is 26.4 Å². The maximum Gasteiger partial charge on any atom is 0.211 e. The van der Waals surface area contributed by atoms with Crippen LogP contribution in [0.25, 0.3) is 5.69 Å². The topological polar surface area (TPSA) is 68.8 Å². The van der Waals surface area contributed by atoms with Gasteiger partial charge in [-0.3, -0.25) is 0 Å². The summed E-state index contributed by atoms with van der Waals surface area (Å²) in [6.45, 7) is 4.50. The van der Waals surface area contributed by atoms with Crippen molar-refractivity contribution >= 4 is 0 Å². The molecule has 0 aliphatic rings. The van der Waals surface area contributed by atoms with Crippen molar-refractivity contribution < 1.29 is 4.42 Å². The van der Waals surface area contributed by atoms with Crippen LogP contribution in [0.2, 0.25) is 0 Å². The number of oxazole rings is 1. The smallest absolute Gasteiger partial charge is 0.211 e. The molecule has 3 rings (SSSR count). The molecule has 0 radical (unpaired) electrons. The van der Waals surface area contributed by atoms with Crippen molar-refractivity contribution in [1.82, 2.24) is 25.3 Å². The summed E-state index contributed by atoms with van der Waals surface area (Å²) < 4.78 is 5.49. The molecule has 1 unspecified atom stereocenters. The number of hydrogen-bond acceptors (Lipinski definition) is 5. The van der Waals surface area contributed by atoms with E-state index in [0.29, 0.717) is 12.4 Å². The van der Waals surface area contributed by atoms with E-state index >= 15 is 0 Å². The van der Waals surface area contributed by atoms with Gasteiger partial charge in [0.2, 0.25) is 5.89 Å². The highest BCUT2D eigenvalue weighted by molar-refractivity contribution is 5.28. The van der Waals surface area contributed by atoms with E-state index in [2.05, 4.69) is 20.5 Å². The molecular formula is C15H17N5O. The van der Waals surface area contributed by atoms with E-state index < -0.39 is 0 Å². The van der Waals surface area contributed by atoms with Crippen molar-refractivity contribution in [3.8, 4) is 5.69 Å². The zero-order chi connectivity index (χ0) is 14.7. The first-order chi connectivity index (χ1) is 10.2. The number of nitrogens with zero attached hydrogens (tertiary/aromatic N) is 4. The Morgan fingerprint density at radius 3 is 2.76 bits per heavy atom. The largest absolute Gasteiger partial charge is 0.444 e. The predicted molar refractivity (Wildman–Crippen MR) is 77.9 cm³/mol. The Morgan fingerprint density at radius 2 is 2.05 bits per heavy atom. The second-order valence-electron chi connectivity index (χ2n) is 4.87. The van der Waals surface area contributed by atoms with Gasteiger partial charge in [-0.2, -0.15) is 15.0 Å². The van der Waals surface area contributed by atoms with E-state index in [9.17, 15) is 0 Å². The van der Waals surface area contributed by atoms with Gasteiger partial charge in [0.05, 0.1) is 29.8 Å². The van der Waals surface area contributed by atoms with Gasteiger partial charge in [0, 0.05) is 6.54 Å². The van der Waals surface area contributed by atoms with Crippen LogP contribution in [0.3, 0.4) is 0 Å². The van der Waals surface area contributed by atoms with E-state index in [1.54, 1.807) is 17.2 Å². The lowest BCUT2D eigenvalue weighted by atomic mass is 10.3. The molecule has 0 spiro atoms. The van der Waals surface area contributed by atoms with Crippen molar-refractivity contribution in [2.75, 3.05) is 0 Å². The van der Waals surface area contributed by atoms with E-state index in [0.717, 1.165) is 17.1 Å². The molecule has 0 aliphatic carbocycles.